The van der Waals surface area contributed by atoms with Crippen molar-refractivity contribution in [1.29, 1.82) is 0 Å². The summed E-state index contributed by atoms with van der Waals surface area (Å²) in [6, 6.07) is 13.8. The molecule has 0 bridgehead atoms. The summed E-state index contributed by atoms with van der Waals surface area (Å²) in [6.07, 6.45) is 1.09. The molecule has 3 heterocycles. The highest BCUT2D eigenvalue weighted by Gasteiger charge is 2.20. The van der Waals surface area contributed by atoms with Crippen LogP contribution in [0.2, 0.25) is 0 Å². The summed E-state index contributed by atoms with van der Waals surface area (Å²) in [7, 11) is 1.36. The average molecular weight is 423 g/mol. The van der Waals surface area contributed by atoms with Gasteiger partial charge in [-0.25, -0.2) is 9.48 Å². The molecule has 1 aromatic carbocycles. The molecule has 0 aliphatic carbocycles. The minimum atomic E-state index is -0.435. The van der Waals surface area contributed by atoms with E-state index in [0.29, 0.717) is 6.54 Å². The van der Waals surface area contributed by atoms with Crippen molar-refractivity contribution in [1.82, 2.24) is 19.6 Å². The maximum Gasteiger partial charge on any atom is 0.373 e. The highest BCUT2D eigenvalue weighted by atomic mass is 16.5. The highest BCUT2D eigenvalue weighted by molar-refractivity contribution is 5.86. The summed E-state index contributed by atoms with van der Waals surface area (Å²) in [5.41, 5.74) is 4.70. The van der Waals surface area contributed by atoms with E-state index in [2.05, 4.69) is 35.8 Å². The van der Waals surface area contributed by atoms with Gasteiger partial charge in [-0.1, -0.05) is 18.2 Å². The molecule has 31 heavy (non-hydrogen) atoms. The second kappa shape index (κ2) is 9.49. The van der Waals surface area contributed by atoms with Gasteiger partial charge in [0.05, 0.1) is 25.0 Å². The summed E-state index contributed by atoms with van der Waals surface area (Å²) in [5, 5.41) is 4.79. The van der Waals surface area contributed by atoms with Crippen molar-refractivity contribution in [3.8, 4) is 5.69 Å². The molecule has 0 amide bonds. The molecule has 0 atom stereocenters. The monoisotopic (exact) mass is 422 g/mol. The normalized spacial score (nSPS) is 15.7. The lowest BCUT2D eigenvalue weighted by molar-refractivity contribution is 0.0561. The Kier molecular flexibility index (Phi) is 6.53. The molecule has 3 aromatic rings. The number of methoxy groups -OCH3 is 1. The molecule has 164 valence electrons. The van der Waals surface area contributed by atoms with Crippen LogP contribution in [0.15, 0.2) is 46.9 Å². The molecule has 1 aliphatic rings. The van der Waals surface area contributed by atoms with Gasteiger partial charge in [0.2, 0.25) is 5.76 Å². The molecule has 2 aromatic heterocycles. The van der Waals surface area contributed by atoms with Gasteiger partial charge in [-0.15, -0.1) is 0 Å². The zero-order chi connectivity index (χ0) is 21.8. The van der Waals surface area contributed by atoms with Crippen LogP contribution in [0.4, 0.5) is 0 Å². The van der Waals surface area contributed by atoms with E-state index in [-0.39, 0.29) is 5.76 Å². The first-order chi connectivity index (χ1) is 15.0. The molecule has 0 saturated carbocycles. The highest BCUT2D eigenvalue weighted by Crippen LogP contribution is 2.21. The fourth-order valence-electron chi connectivity index (χ4n) is 4.18. The average Bonchev–Trinajstić information content (AvgIpc) is 3.28. The van der Waals surface area contributed by atoms with Crippen molar-refractivity contribution < 1.29 is 13.9 Å². The Hall–Kier alpha value is -2.90. The van der Waals surface area contributed by atoms with Gasteiger partial charge in [0.1, 0.15) is 5.76 Å². The van der Waals surface area contributed by atoms with Gasteiger partial charge in [0.25, 0.3) is 0 Å². The van der Waals surface area contributed by atoms with Crippen molar-refractivity contribution in [3.05, 3.63) is 70.9 Å². The topological polar surface area (TPSA) is 63.7 Å². The third-order valence-electron chi connectivity index (χ3n) is 5.93. The predicted octanol–water partition coefficient (Wildman–Crippen LogP) is 3.58. The number of rotatable bonds is 6. The molecule has 7 nitrogen and oxygen atoms in total. The van der Waals surface area contributed by atoms with E-state index >= 15 is 0 Å². The molecule has 1 saturated heterocycles. The number of esters is 1. The number of para-hydroxylation sites is 1. The smallest absolute Gasteiger partial charge is 0.373 e. The molecule has 4 rings (SSSR count). The van der Waals surface area contributed by atoms with Crippen molar-refractivity contribution in [2.24, 2.45) is 0 Å². The molecular formula is C24H30N4O3. The maximum atomic E-state index is 11.6. The minimum Gasteiger partial charge on any atom is -0.463 e. The molecule has 7 heteroatoms. The van der Waals surface area contributed by atoms with Crippen molar-refractivity contribution in [2.75, 3.05) is 33.3 Å². The van der Waals surface area contributed by atoms with E-state index in [9.17, 15) is 4.79 Å². The summed E-state index contributed by atoms with van der Waals surface area (Å²) in [6.45, 7) is 9.87. The van der Waals surface area contributed by atoms with Crippen LogP contribution in [0.25, 0.3) is 5.69 Å². The number of aryl methyl sites for hydroxylation is 1. The van der Waals surface area contributed by atoms with Crippen molar-refractivity contribution >= 4 is 5.97 Å². The zero-order valence-corrected chi connectivity index (χ0v) is 18.5. The molecule has 1 fully saturated rings. The van der Waals surface area contributed by atoms with Gasteiger partial charge in [0.15, 0.2) is 0 Å². The van der Waals surface area contributed by atoms with Gasteiger partial charge in [-0.3, -0.25) is 9.80 Å². The predicted molar refractivity (Wildman–Crippen MR) is 118 cm³/mol. The van der Waals surface area contributed by atoms with E-state index in [1.54, 1.807) is 6.07 Å². The van der Waals surface area contributed by atoms with Crippen molar-refractivity contribution in [2.45, 2.75) is 33.4 Å². The Bertz CT molecular complexity index is 1020. The third-order valence-corrected chi connectivity index (χ3v) is 5.93. The Morgan fingerprint density at radius 1 is 1.00 bits per heavy atom. The van der Waals surface area contributed by atoms with Crippen LogP contribution in [0, 0.1) is 13.8 Å². The Balaban J connectivity index is 1.38. The lowest BCUT2D eigenvalue weighted by atomic mass is 10.1. The number of carbonyl (C=O) groups is 1. The summed E-state index contributed by atoms with van der Waals surface area (Å²) >= 11 is 0. The van der Waals surface area contributed by atoms with E-state index in [4.69, 9.17) is 14.3 Å². The molecule has 0 spiro atoms. The Morgan fingerprint density at radius 2 is 1.71 bits per heavy atom. The number of hydrogen-bond acceptors (Lipinski definition) is 6. The minimum absolute atomic E-state index is 0.260. The third kappa shape index (κ3) is 4.89. The number of benzene rings is 1. The number of ether oxygens (including phenoxy) is 1. The van der Waals surface area contributed by atoms with E-state index in [1.807, 2.05) is 28.9 Å². The van der Waals surface area contributed by atoms with Crippen LogP contribution in [-0.4, -0.2) is 58.8 Å². The van der Waals surface area contributed by atoms with E-state index < -0.39 is 5.97 Å². The summed E-state index contributed by atoms with van der Waals surface area (Å²) in [4.78, 5) is 16.5. The van der Waals surface area contributed by atoms with Crippen molar-refractivity contribution in [3.63, 3.8) is 0 Å². The van der Waals surface area contributed by atoms with E-state index in [1.165, 1.54) is 18.4 Å². The van der Waals surface area contributed by atoms with Gasteiger partial charge >= 0.3 is 5.97 Å². The Morgan fingerprint density at radius 3 is 2.42 bits per heavy atom. The number of hydrogen-bond donors (Lipinski definition) is 0. The molecule has 0 radical (unpaired) electrons. The second-order valence-corrected chi connectivity index (χ2v) is 8.06. The van der Waals surface area contributed by atoms with E-state index in [0.717, 1.165) is 56.3 Å². The SMILES string of the molecule is COC(=O)c1ccc(CN2CCCN(Cc3c(C)nn(-c4ccccc4)c3C)CC2)o1. The first kappa shape index (κ1) is 21.3. The number of aromatic nitrogens is 2. The van der Waals surface area contributed by atoms with Gasteiger partial charge in [0, 0.05) is 30.9 Å². The fourth-order valence-corrected chi connectivity index (χ4v) is 4.18. The molecule has 0 N–H and O–H groups in total. The zero-order valence-electron chi connectivity index (χ0n) is 18.5. The first-order valence-corrected chi connectivity index (χ1v) is 10.8. The largest absolute Gasteiger partial charge is 0.463 e. The summed E-state index contributed by atoms with van der Waals surface area (Å²) < 4.78 is 12.4. The van der Waals surface area contributed by atoms with Crippen LogP contribution in [-0.2, 0) is 17.8 Å². The van der Waals surface area contributed by atoms with Crippen LogP contribution in [0.1, 0.15) is 39.7 Å². The molecule has 0 unspecified atom stereocenters. The van der Waals surface area contributed by atoms with Gasteiger partial charge < -0.3 is 9.15 Å². The number of nitrogens with zero attached hydrogens (tertiary/aromatic N) is 4. The molecular weight excluding hydrogens is 392 g/mol. The standard InChI is InChI=1S/C24H30N4O3/c1-18-22(19(2)28(25-18)20-8-5-4-6-9-20)17-27-13-7-12-26(14-15-27)16-21-10-11-23(31-21)24(29)30-3/h4-6,8-11H,7,12-17H2,1-3H3. The van der Waals surface area contributed by atoms with Crippen LogP contribution in [0.5, 0.6) is 0 Å². The van der Waals surface area contributed by atoms with Crippen LogP contribution in [0.3, 0.4) is 0 Å². The lowest BCUT2D eigenvalue weighted by Gasteiger charge is -2.21. The molecule has 1 aliphatic heterocycles. The summed E-state index contributed by atoms with van der Waals surface area (Å²) in [5.74, 6) is 0.620. The number of furan rings is 1. The van der Waals surface area contributed by atoms with Gasteiger partial charge in [-0.05, 0) is 57.6 Å². The maximum absolute atomic E-state index is 11.6. The number of carbonyl (C=O) groups excluding carboxylic acids is 1. The Labute approximate surface area is 183 Å². The quantitative estimate of drug-likeness (QED) is 0.566. The second-order valence-electron chi connectivity index (χ2n) is 8.06. The van der Waals surface area contributed by atoms with Crippen LogP contribution >= 0.6 is 0 Å². The van der Waals surface area contributed by atoms with Gasteiger partial charge in [-0.2, -0.15) is 5.10 Å². The fraction of sp³-hybridized carbons (Fsp3) is 0.417. The lowest BCUT2D eigenvalue weighted by Crippen LogP contribution is -2.30. The van der Waals surface area contributed by atoms with Crippen LogP contribution < -0.4 is 0 Å². The first-order valence-electron chi connectivity index (χ1n) is 10.8.